The summed E-state index contributed by atoms with van der Waals surface area (Å²) in [4.78, 5) is 24.4. The minimum atomic E-state index is -1.28. The number of hydrogen-bond acceptors (Lipinski definition) is 5. The normalized spacial score (nSPS) is 11.5. The van der Waals surface area contributed by atoms with E-state index < -0.39 is 29.3 Å². The Kier molecular flexibility index (Phi) is 8.00. The first-order valence-electron chi connectivity index (χ1n) is 8.62. The second-order valence-electron chi connectivity index (χ2n) is 5.72. The molecule has 0 heterocycles. The summed E-state index contributed by atoms with van der Waals surface area (Å²) < 4.78 is 22.6. The summed E-state index contributed by atoms with van der Waals surface area (Å²) in [7, 11) is -1.28. The van der Waals surface area contributed by atoms with Gasteiger partial charge >= 0.3 is 5.97 Å². The molecule has 1 unspecified atom stereocenters. The highest BCUT2D eigenvalue weighted by Crippen LogP contribution is 2.15. The molecule has 27 heavy (non-hydrogen) atoms. The molecule has 0 radical (unpaired) electrons. The van der Waals surface area contributed by atoms with Crippen molar-refractivity contribution in [1.82, 2.24) is 5.32 Å². The molecule has 2 rings (SSSR count). The van der Waals surface area contributed by atoms with Gasteiger partial charge in [-0.25, -0.2) is 4.79 Å². The van der Waals surface area contributed by atoms with E-state index in [1.54, 1.807) is 31.2 Å². The number of ether oxygens (including phenoxy) is 2. The molecule has 0 bridgehead atoms. The second-order valence-corrected chi connectivity index (χ2v) is 7.43. The van der Waals surface area contributed by atoms with E-state index in [1.165, 1.54) is 0 Å². The van der Waals surface area contributed by atoms with Gasteiger partial charge in [-0.3, -0.25) is 9.00 Å². The predicted molar refractivity (Wildman–Crippen MR) is 103 cm³/mol. The molecular weight excluding hydrogens is 366 g/mol. The third kappa shape index (κ3) is 6.53. The zero-order valence-electron chi connectivity index (χ0n) is 15.4. The fourth-order valence-electron chi connectivity index (χ4n) is 2.31. The molecule has 1 N–H and O–H groups in total. The van der Waals surface area contributed by atoms with Gasteiger partial charge in [0.25, 0.3) is 5.91 Å². The topological polar surface area (TPSA) is 81.7 Å². The lowest BCUT2D eigenvalue weighted by Gasteiger charge is -2.10. The fraction of sp³-hybridized carbons (Fsp3) is 0.300. The van der Waals surface area contributed by atoms with E-state index in [1.807, 2.05) is 31.2 Å². The molecule has 1 atom stereocenters. The summed E-state index contributed by atoms with van der Waals surface area (Å²) in [6, 6.07) is 14.1. The molecule has 2 aromatic carbocycles. The molecule has 6 nitrogen and oxygen atoms in total. The van der Waals surface area contributed by atoms with Crippen LogP contribution >= 0.6 is 0 Å². The highest BCUT2D eigenvalue weighted by Gasteiger charge is 2.17. The molecule has 144 valence electrons. The molecular formula is C20H23NO5S. The minimum Gasteiger partial charge on any atom is -0.492 e. The molecule has 0 saturated carbocycles. The number of esters is 1. The lowest BCUT2D eigenvalue weighted by molar-refractivity contribution is -0.124. The first-order valence-corrected chi connectivity index (χ1v) is 9.94. The SMILES string of the molecule is CCS(=O)c1ccccc1C(=O)OCC(=O)NCCOc1cccc(C)c1. The molecule has 0 aromatic heterocycles. The first kappa shape index (κ1) is 20.6. The van der Waals surface area contributed by atoms with Crippen LogP contribution in [0.2, 0.25) is 0 Å². The van der Waals surface area contributed by atoms with Gasteiger partial charge in [-0.1, -0.05) is 31.2 Å². The van der Waals surface area contributed by atoms with Crippen LogP contribution in [0.4, 0.5) is 0 Å². The van der Waals surface area contributed by atoms with Crippen LogP contribution in [0.1, 0.15) is 22.8 Å². The average molecular weight is 389 g/mol. The van der Waals surface area contributed by atoms with E-state index in [9.17, 15) is 13.8 Å². The van der Waals surface area contributed by atoms with Gasteiger partial charge in [-0.05, 0) is 36.8 Å². The standard InChI is InChI=1S/C20H23NO5S/c1-3-27(24)18-10-5-4-9-17(18)20(23)26-14-19(22)21-11-12-25-16-8-6-7-15(2)13-16/h4-10,13H,3,11-12,14H2,1-2H3,(H,21,22). The van der Waals surface area contributed by atoms with Gasteiger partial charge in [0.2, 0.25) is 0 Å². The maximum Gasteiger partial charge on any atom is 0.339 e. The first-order chi connectivity index (χ1) is 13.0. The summed E-state index contributed by atoms with van der Waals surface area (Å²) in [5, 5.41) is 2.62. The molecule has 0 saturated heterocycles. The summed E-state index contributed by atoms with van der Waals surface area (Å²) in [6.45, 7) is 3.93. The molecule has 0 aliphatic heterocycles. The zero-order valence-corrected chi connectivity index (χ0v) is 16.2. The van der Waals surface area contributed by atoms with E-state index in [2.05, 4.69) is 5.32 Å². The Hall–Kier alpha value is -2.67. The van der Waals surface area contributed by atoms with E-state index in [4.69, 9.17) is 9.47 Å². The maximum absolute atomic E-state index is 12.2. The Balaban J connectivity index is 1.75. The molecule has 0 aliphatic rings. The van der Waals surface area contributed by atoms with E-state index in [-0.39, 0.29) is 5.56 Å². The Morgan fingerprint density at radius 1 is 1.11 bits per heavy atom. The average Bonchev–Trinajstić information content (AvgIpc) is 2.69. The van der Waals surface area contributed by atoms with Crippen molar-refractivity contribution in [2.24, 2.45) is 0 Å². The molecule has 1 amide bonds. The van der Waals surface area contributed by atoms with Crippen LogP contribution in [-0.2, 0) is 20.3 Å². The van der Waals surface area contributed by atoms with Gasteiger partial charge in [0.1, 0.15) is 12.4 Å². The smallest absolute Gasteiger partial charge is 0.339 e. The van der Waals surface area contributed by atoms with Gasteiger partial charge < -0.3 is 14.8 Å². The Bertz CT molecular complexity index is 822. The lowest BCUT2D eigenvalue weighted by atomic mass is 10.2. The number of nitrogens with one attached hydrogen (secondary N) is 1. The quantitative estimate of drug-likeness (QED) is 0.526. The number of aryl methyl sites for hydroxylation is 1. The van der Waals surface area contributed by atoms with Crippen molar-refractivity contribution in [1.29, 1.82) is 0 Å². The molecule has 0 aliphatic carbocycles. The zero-order chi connectivity index (χ0) is 19.6. The summed E-state index contributed by atoms with van der Waals surface area (Å²) in [5.74, 6) is 0.0335. The largest absolute Gasteiger partial charge is 0.492 e. The molecule has 0 fully saturated rings. The van der Waals surface area contributed by atoms with Crippen molar-refractivity contribution >= 4 is 22.7 Å². The fourth-order valence-corrected chi connectivity index (χ4v) is 3.25. The Labute approximate surface area is 161 Å². The van der Waals surface area contributed by atoms with Crippen LogP contribution in [0.25, 0.3) is 0 Å². The lowest BCUT2D eigenvalue weighted by Crippen LogP contribution is -2.32. The number of rotatable bonds is 9. The van der Waals surface area contributed by atoms with Crippen LogP contribution in [-0.4, -0.2) is 41.6 Å². The van der Waals surface area contributed by atoms with E-state index in [0.717, 1.165) is 11.3 Å². The van der Waals surface area contributed by atoms with Gasteiger partial charge in [0.05, 0.1) is 27.8 Å². The van der Waals surface area contributed by atoms with Crippen molar-refractivity contribution in [3.8, 4) is 5.75 Å². The van der Waals surface area contributed by atoms with Crippen molar-refractivity contribution in [3.05, 3.63) is 59.7 Å². The van der Waals surface area contributed by atoms with E-state index in [0.29, 0.717) is 23.8 Å². The number of amides is 1. The second kappa shape index (κ2) is 10.5. The van der Waals surface area contributed by atoms with Crippen LogP contribution in [0.3, 0.4) is 0 Å². The van der Waals surface area contributed by atoms with Crippen LogP contribution < -0.4 is 10.1 Å². The highest BCUT2D eigenvalue weighted by atomic mass is 32.2. The number of hydrogen-bond donors (Lipinski definition) is 1. The monoisotopic (exact) mass is 389 g/mol. The van der Waals surface area contributed by atoms with Crippen LogP contribution in [0.15, 0.2) is 53.4 Å². The van der Waals surface area contributed by atoms with Gasteiger partial charge in [0, 0.05) is 5.75 Å². The number of benzene rings is 2. The Morgan fingerprint density at radius 2 is 1.89 bits per heavy atom. The van der Waals surface area contributed by atoms with Crippen molar-refractivity contribution in [2.75, 3.05) is 25.5 Å². The molecule has 7 heteroatoms. The molecule has 2 aromatic rings. The highest BCUT2D eigenvalue weighted by molar-refractivity contribution is 7.85. The van der Waals surface area contributed by atoms with Crippen molar-refractivity contribution in [2.45, 2.75) is 18.7 Å². The summed E-state index contributed by atoms with van der Waals surface area (Å²) in [6.07, 6.45) is 0. The van der Waals surface area contributed by atoms with Crippen LogP contribution in [0, 0.1) is 6.92 Å². The van der Waals surface area contributed by atoms with Crippen molar-refractivity contribution < 1.29 is 23.3 Å². The predicted octanol–water partition coefficient (Wildman–Crippen LogP) is 2.47. The van der Waals surface area contributed by atoms with Crippen molar-refractivity contribution in [3.63, 3.8) is 0 Å². The van der Waals surface area contributed by atoms with Gasteiger partial charge in [0.15, 0.2) is 6.61 Å². The number of carbonyl (C=O) groups excluding carboxylic acids is 2. The Morgan fingerprint density at radius 3 is 2.63 bits per heavy atom. The van der Waals surface area contributed by atoms with E-state index >= 15 is 0 Å². The number of carbonyl (C=O) groups is 2. The third-order valence-electron chi connectivity index (χ3n) is 3.63. The summed E-state index contributed by atoms with van der Waals surface area (Å²) in [5.41, 5.74) is 1.31. The third-order valence-corrected chi connectivity index (χ3v) is 5.00. The van der Waals surface area contributed by atoms with Gasteiger partial charge in [-0.15, -0.1) is 0 Å². The molecule has 0 spiro atoms. The summed E-state index contributed by atoms with van der Waals surface area (Å²) >= 11 is 0. The van der Waals surface area contributed by atoms with Gasteiger partial charge in [-0.2, -0.15) is 0 Å². The van der Waals surface area contributed by atoms with Crippen LogP contribution in [0.5, 0.6) is 5.75 Å². The maximum atomic E-state index is 12.2. The minimum absolute atomic E-state index is 0.216.